The average molecular weight is 493 g/mol. The van der Waals surface area contributed by atoms with E-state index in [-0.39, 0.29) is 22.4 Å². The van der Waals surface area contributed by atoms with E-state index in [2.05, 4.69) is 20.7 Å². The number of amides is 1. The highest BCUT2D eigenvalue weighted by molar-refractivity contribution is 7.99. The van der Waals surface area contributed by atoms with Crippen LogP contribution in [-0.2, 0) is 4.79 Å². The normalized spacial score (nSPS) is 11.0. The second-order valence-corrected chi connectivity index (χ2v) is 8.24. The van der Waals surface area contributed by atoms with Gasteiger partial charge in [-0.25, -0.2) is 5.43 Å². The molecule has 1 N–H and O–H groups in total. The molecule has 0 spiro atoms. The molecule has 0 saturated heterocycles. The number of aromatic nitrogens is 3. The third kappa shape index (κ3) is 5.48. The fraction of sp³-hybridized carbons (Fsp3) is 0.0435. The monoisotopic (exact) mass is 492 g/mol. The molecule has 11 heteroatoms. The lowest BCUT2D eigenvalue weighted by molar-refractivity contribution is -0.384. The Morgan fingerprint density at radius 2 is 1.79 bits per heavy atom. The maximum atomic E-state index is 12.3. The van der Waals surface area contributed by atoms with Crippen LogP contribution in [0.1, 0.15) is 5.56 Å². The molecule has 0 unspecified atom stereocenters. The molecule has 0 aliphatic heterocycles. The molecule has 0 saturated carbocycles. The van der Waals surface area contributed by atoms with E-state index in [0.717, 1.165) is 11.3 Å². The summed E-state index contributed by atoms with van der Waals surface area (Å²) in [5.74, 6) is 0.305. The molecule has 0 aliphatic rings. The van der Waals surface area contributed by atoms with E-state index in [1.54, 1.807) is 0 Å². The Morgan fingerprint density at radius 3 is 2.50 bits per heavy atom. The Hall–Kier alpha value is -4.02. The first-order valence-electron chi connectivity index (χ1n) is 9.98. The number of non-ortho nitro benzene ring substituents is 1. The van der Waals surface area contributed by atoms with Gasteiger partial charge in [0.1, 0.15) is 0 Å². The highest BCUT2D eigenvalue weighted by Gasteiger charge is 2.17. The minimum absolute atomic E-state index is 0.0275. The molecule has 0 aliphatic carbocycles. The molecule has 34 heavy (non-hydrogen) atoms. The van der Waals surface area contributed by atoms with Crippen LogP contribution < -0.4 is 5.43 Å². The van der Waals surface area contributed by atoms with Crippen molar-refractivity contribution in [3.8, 4) is 17.1 Å². The summed E-state index contributed by atoms with van der Waals surface area (Å²) < 4.78 is 1.89. The molecule has 1 heterocycles. The van der Waals surface area contributed by atoms with Crippen LogP contribution in [-0.4, -0.2) is 37.6 Å². The van der Waals surface area contributed by atoms with Crippen LogP contribution in [0.3, 0.4) is 0 Å². The van der Waals surface area contributed by atoms with E-state index < -0.39 is 4.92 Å². The van der Waals surface area contributed by atoms with Crippen LogP contribution in [0.5, 0.6) is 0 Å². The molecule has 0 bridgehead atoms. The number of carbonyl (C=O) groups is 1. The van der Waals surface area contributed by atoms with Gasteiger partial charge in [0.05, 0.1) is 16.9 Å². The van der Waals surface area contributed by atoms with Crippen molar-refractivity contribution in [1.29, 1.82) is 0 Å². The van der Waals surface area contributed by atoms with Crippen molar-refractivity contribution in [2.75, 3.05) is 5.75 Å². The number of nitrogens with one attached hydrogen (secondary N) is 1. The second kappa shape index (κ2) is 10.7. The summed E-state index contributed by atoms with van der Waals surface area (Å²) >= 11 is 7.25. The van der Waals surface area contributed by atoms with Crippen molar-refractivity contribution in [3.63, 3.8) is 0 Å². The lowest BCUT2D eigenvalue weighted by Gasteiger charge is -2.10. The van der Waals surface area contributed by atoms with Crippen LogP contribution in [0.4, 0.5) is 5.69 Å². The summed E-state index contributed by atoms with van der Waals surface area (Å²) in [6, 6.07) is 23.3. The van der Waals surface area contributed by atoms with Gasteiger partial charge in [-0.15, -0.1) is 10.2 Å². The molecule has 170 valence electrons. The smallest absolute Gasteiger partial charge is 0.270 e. The van der Waals surface area contributed by atoms with Crippen LogP contribution in [0.2, 0.25) is 5.02 Å². The molecular formula is C23H17ClN6O3S. The number of nitro groups is 1. The number of hydrazone groups is 1. The van der Waals surface area contributed by atoms with E-state index >= 15 is 0 Å². The van der Waals surface area contributed by atoms with Gasteiger partial charge >= 0.3 is 0 Å². The Balaban J connectivity index is 1.47. The number of benzene rings is 3. The highest BCUT2D eigenvalue weighted by Crippen LogP contribution is 2.27. The Morgan fingerprint density at radius 1 is 1.09 bits per heavy atom. The van der Waals surface area contributed by atoms with E-state index in [1.165, 1.54) is 36.2 Å². The minimum atomic E-state index is -0.532. The highest BCUT2D eigenvalue weighted by atomic mass is 35.5. The number of carbonyl (C=O) groups excluding carboxylic acids is 1. The molecule has 9 nitrogen and oxygen atoms in total. The number of hydrogen-bond donors (Lipinski definition) is 1. The zero-order valence-electron chi connectivity index (χ0n) is 17.5. The molecule has 1 amide bonds. The van der Waals surface area contributed by atoms with Gasteiger partial charge in [0.2, 0.25) is 0 Å². The largest absolute Gasteiger partial charge is 0.272 e. The van der Waals surface area contributed by atoms with Crippen molar-refractivity contribution >= 4 is 41.2 Å². The molecule has 4 rings (SSSR count). The third-order valence-electron chi connectivity index (χ3n) is 4.60. The van der Waals surface area contributed by atoms with Gasteiger partial charge in [-0.1, -0.05) is 71.9 Å². The molecule has 4 aromatic rings. The fourth-order valence-corrected chi connectivity index (χ4v) is 3.94. The first-order chi connectivity index (χ1) is 16.5. The molecule has 0 radical (unpaired) electrons. The van der Waals surface area contributed by atoms with E-state index in [4.69, 9.17) is 11.6 Å². The van der Waals surface area contributed by atoms with E-state index in [9.17, 15) is 14.9 Å². The van der Waals surface area contributed by atoms with E-state index in [1.807, 2.05) is 65.2 Å². The number of nitro benzene ring substituents is 1. The van der Waals surface area contributed by atoms with Gasteiger partial charge in [0.15, 0.2) is 11.0 Å². The van der Waals surface area contributed by atoms with Gasteiger partial charge in [-0.05, 0) is 18.2 Å². The molecular weight excluding hydrogens is 476 g/mol. The summed E-state index contributed by atoms with van der Waals surface area (Å²) in [5, 5.41) is 24.2. The predicted octanol–water partition coefficient (Wildman–Crippen LogP) is 4.74. The van der Waals surface area contributed by atoms with Crippen LogP contribution >= 0.6 is 23.4 Å². The predicted molar refractivity (Wildman–Crippen MR) is 131 cm³/mol. The van der Waals surface area contributed by atoms with Crippen molar-refractivity contribution < 1.29 is 9.72 Å². The topological polar surface area (TPSA) is 115 Å². The summed E-state index contributed by atoms with van der Waals surface area (Å²) in [6.45, 7) is 0. The Bertz CT molecular complexity index is 1350. The lowest BCUT2D eigenvalue weighted by Crippen LogP contribution is -2.20. The van der Waals surface area contributed by atoms with Crippen molar-refractivity contribution in [2.45, 2.75) is 5.16 Å². The maximum Gasteiger partial charge on any atom is 0.270 e. The minimum Gasteiger partial charge on any atom is -0.272 e. The standard InChI is InChI=1S/C23H17ClN6O3S/c24-20-12-11-19(30(32)33)13-17(20)14-25-26-21(31)15-34-23-28-27-22(16-7-3-1-4-8-16)29(23)18-9-5-2-6-10-18/h1-14H,15H2,(H,26,31)/b25-14-. The number of rotatable bonds is 8. The average Bonchev–Trinajstić information content (AvgIpc) is 3.29. The lowest BCUT2D eigenvalue weighted by atomic mass is 10.2. The molecule has 3 aromatic carbocycles. The molecule has 0 atom stereocenters. The summed E-state index contributed by atoms with van der Waals surface area (Å²) in [4.78, 5) is 22.7. The first-order valence-corrected chi connectivity index (χ1v) is 11.3. The zero-order valence-corrected chi connectivity index (χ0v) is 19.1. The van der Waals surface area contributed by atoms with Crippen molar-refractivity contribution in [3.05, 3.63) is 99.6 Å². The Kier molecular flexibility index (Phi) is 7.31. The van der Waals surface area contributed by atoms with Gasteiger partial charge < -0.3 is 0 Å². The van der Waals surface area contributed by atoms with Gasteiger partial charge in [-0.2, -0.15) is 5.10 Å². The SMILES string of the molecule is O=C(CSc1nnc(-c2ccccc2)n1-c1ccccc1)N/N=C\c1cc([N+](=O)[O-])ccc1Cl. The number of hydrogen-bond acceptors (Lipinski definition) is 7. The number of nitrogens with zero attached hydrogens (tertiary/aromatic N) is 5. The molecule has 1 aromatic heterocycles. The van der Waals surface area contributed by atoms with Gasteiger partial charge in [0, 0.05) is 34.0 Å². The summed E-state index contributed by atoms with van der Waals surface area (Å²) in [5.41, 5.74) is 4.36. The molecule has 0 fully saturated rings. The van der Waals surface area contributed by atoms with Gasteiger partial charge in [0.25, 0.3) is 11.6 Å². The van der Waals surface area contributed by atoms with Crippen LogP contribution in [0.25, 0.3) is 17.1 Å². The fourth-order valence-electron chi connectivity index (χ4n) is 3.03. The summed E-state index contributed by atoms with van der Waals surface area (Å²) in [6.07, 6.45) is 1.26. The number of thioether (sulfide) groups is 1. The first kappa shape index (κ1) is 23.1. The number of halogens is 1. The zero-order chi connectivity index (χ0) is 23.9. The quantitative estimate of drug-likeness (QED) is 0.164. The van der Waals surface area contributed by atoms with Crippen LogP contribution in [0, 0.1) is 10.1 Å². The number of para-hydroxylation sites is 1. The second-order valence-electron chi connectivity index (χ2n) is 6.89. The summed E-state index contributed by atoms with van der Waals surface area (Å²) in [7, 11) is 0. The third-order valence-corrected chi connectivity index (χ3v) is 5.87. The van der Waals surface area contributed by atoms with Crippen molar-refractivity contribution in [1.82, 2.24) is 20.2 Å². The maximum absolute atomic E-state index is 12.3. The Labute approximate surface area is 203 Å². The van der Waals surface area contributed by atoms with Crippen molar-refractivity contribution in [2.24, 2.45) is 5.10 Å². The van der Waals surface area contributed by atoms with E-state index in [0.29, 0.717) is 16.5 Å². The van der Waals surface area contributed by atoms with Crippen LogP contribution in [0.15, 0.2) is 89.1 Å². The van der Waals surface area contributed by atoms with Gasteiger partial charge in [-0.3, -0.25) is 19.5 Å².